The maximum atomic E-state index is 12.9. The number of aryl methyl sites for hydroxylation is 1. The number of nitrogens with one attached hydrogen (secondary N) is 1. The second-order valence-corrected chi connectivity index (χ2v) is 7.03. The first kappa shape index (κ1) is 18.3. The van der Waals surface area contributed by atoms with Crippen LogP contribution in [0, 0.1) is 5.92 Å². The summed E-state index contributed by atoms with van der Waals surface area (Å²) in [6.07, 6.45) is 2.99. The van der Waals surface area contributed by atoms with E-state index in [0.717, 1.165) is 16.8 Å². The first-order valence-electron chi connectivity index (χ1n) is 9.72. The number of rotatable bonds is 5. The van der Waals surface area contributed by atoms with Crippen molar-refractivity contribution in [2.75, 3.05) is 18.0 Å². The summed E-state index contributed by atoms with van der Waals surface area (Å²) in [7, 11) is 0. The normalized spacial score (nSPS) is 15.1. The van der Waals surface area contributed by atoms with Gasteiger partial charge in [0.1, 0.15) is 5.76 Å². The molecule has 1 aromatic carbocycles. The monoisotopic (exact) mass is 380 g/mol. The van der Waals surface area contributed by atoms with E-state index in [4.69, 9.17) is 4.42 Å². The van der Waals surface area contributed by atoms with Crippen LogP contribution in [0.4, 0.5) is 5.82 Å². The zero-order chi connectivity index (χ0) is 19.5. The molecule has 0 spiro atoms. The summed E-state index contributed by atoms with van der Waals surface area (Å²) in [6, 6.07) is 11.3. The molecule has 146 valence electrons. The number of furan rings is 1. The van der Waals surface area contributed by atoms with Gasteiger partial charge in [-0.3, -0.25) is 9.59 Å². The van der Waals surface area contributed by atoms with E-state index in [2.05, 4.69) is 10.3 Å². The number of benzene rings is 1. The third-order valence-corrected chi connectivity index (χ3v) is 5.33. The van der Waals surface area contributed by atoms with Gasteiger partial charge in [-0.1, -0.05) is 12.1 Å². The van der Waals surface area contributed by atoms with Crippen molar-refractivity contribution in [3.8, 4) is 0 Å². The number of para-hydroxylation sites is 2. The highest BCUT2D eigenvalue weighted by Crippen LogP contribution is 2.22. The van der Waals surface area contributed by atoms with Crippen LogP contribution in [0.5, 0.6) is 0 Å². The molecular weight excluding hydrogens is 356 g/mol. The fourth-order valence-electron chi connectivity index (χ4n) is 3.78. The fraction of sp³-hybridized carbons (Fsp3) is 0.381. The molecule has 0 atom stereocenters. The average molecular weight is 380 g/mol. The van der Waals surface area contributed by atoms with E-state index in [1.165, 1.54) is 0 Å². The standard InChI is InChI=1S/C21H24N4O3/c1-2-25-18-8-4-3-7-17(18)23-19(21(25)27)24-11-9-15(10-12-24)20(26)22-14-16-6-5-13-28-16/h3-8,13,15H,2,9-12,14H2,1H3,(H,22,26). The van der Waals surface area contributed by atoms with Crippen LogP contribution in [0.15, 0.2) is 51.9 Å². The minimum absolute atomic E-state index is 0.0356. The number of carbonyl (C=O) groups excluding carboxylic acids is 1. The zero-order valence-corrected chi connectivity index (χ0v) is 15.9. The number of carbonyl (C=O) groups is 1. The molecule has 0 radical (unpaired) electrons. The minimum atomic E-state index is -0.0677. The topological polar surface area (TPSA) is 80.4 Å². The number of nitrogens with zero attached hydrogens (tertiary/aromatic N) is 3. The van der Waals surface area contributed by atoms with Crippen molar-refractivity contribution in [3.63, 3.8) is 0 Å². The summed E-state index contributed by atoms with van der Waals surface area (Å²) in [6.45, 7) is 4.25. The molecule has 1 aliphatic heterocycles. The maximum Gasteiger partial charge on any atom is 0.293 e. The third kappa shape index (κ3) is 3.52. The van der Waals surface area contributed by atoms with Crippen LogP contribution >= 0.6 is 0 Å². The number of amides is 1. The van der Waals surface area contributed by atoms with E-state index in [9.17, 15) is 9.59 Å². The van der Waals surface area contributed by atoms with Crippen molar-refractivity contribution < 1.29 is 9.21 Å². The Bertz CT molecular complexity index is 1020. The lowest BCUT2D eigenvalue weighted by atomic mass is 9.96. The van der Waals surface area contributed by atoms with Crippen LogP contribution in [-0.4, -0.2) is 28.5 Å². The maximum absolute atomic E-state index is 12.9. The second kappa shape index (κ2) is 7.88. The van der Waals surface area contributed by atoms with Crippen LogP contribution in [0.2, 0.25) is 0 Å². The number of hydrogen-bond acceptors (Lipinski definition) is 5. The lowest BCUT2D eigenvalue weighted by Crippen LogP contribution is -2.43. The van der Waals surface area contributed by atoms with Gasteiger partial charge in [0.2, 0.25) is 5.91 Å². The van der Waals surface area contributed by atoms with Gasteiger partial charge in [0.05, 0.1) is 23.8 Å². The first-order chi connectivity index (χ1) is 13.7. The minimum Gasteiger partial charge on any atom is -0.467 e. The predicted molar refractivity (Wildman–Crippen MR) is 107 cm³/mol. The van der Waals surface area contributed by atoms with Gasteiger partial charge in [-0.15, -0.1) is 0 Å². The Kier molecular flexibility index (Phi) is 5.14. The van der Waals surface area contributed by atoms with Gasteiger partial charge in [0.25, 0.3) is 5.56 Å². The molecule has 1 N–H and O–H groups in total. The fourth-order valence-corrected chi connectivity index (χ4v) is 3.78. The van der Waals surface area contributed by atoms with E-state index in [0.29, 0.717) is 44.8 Å². The number of anilines is 1. The molecule has 7 heteroatoms. The molecule has 3 aromatic rings. The van der Waals surface area contributed by atoms with Gasteiger partial charge in [-0.2, -0.15) is 0 Å². The zero-order valence-electron chi connectivity index (χ0n) is 15.9. The van der Waals surface area contributed by atoms with Crippen molar-refractivity contribution in [2.45, 2.75) is 32.9 Å². The summed E-state index contributed by atoms with van der Waals surface area (Å²) in [5.41, 5.74) is 1.60. The van der Waals surface area contributed by atoms with Crippen molar-refractivity contribution in [2.24, 2.45) is 5.92 Å². The van der Waals surface area contributed by atoms with Crippen LogP contribution in [0.25, 0.3) is 11.0 Å². The number of hydrogen-bond donors (Lipinski definition) is 1. The van der Waals surface area contributed by atoms with Gasteiger partial charge in [-0.25, -0.2) is 4.98 Å². The highest BCUT2D eigenvalue weighted by Gasteiger charge is 2.27. The second-order valence-electron chi connectivity index (χ2n) is 7.03. The van der Waals surface area contributed by atoms with E-state index in [1.54, 1.807) is 16.9 Å². The molecule has 1 fully saturated rings. The molecule has 1 amide bonds. The molecule has 1 saturated heterocycles. The molecule has 3 heterocycles. The molecule has 7 nitrogen and oxygen atoms in total. The number of piperidine rings is 1. The Hall–Kier alpha value is -3.09. The van der Waals surface area contributed by atoms with Crippen molar-refractivity contribution in [3.05, 3.63) is 58.8 Å². The summed E-state index contributed by atoms with van der Waals surface area (Å²) in [5.74, 6) is 1.20. The lowest BCUT2D eigenvalue weighted by Gasteiger charge is -2.32. The molecular formula is C21H24N4O3. The van der Waals surface area contributed by atoms with Gasteiger partial charge >= 0.3 is 0 Å². The van der Waals surface area contributed by atoms with Gasteiger partial charge < -0.3 is 19.2 Å². The molecule has 2 aromatic heterocycles. The first-order valence-corrected chi connectivity index (χ1v) is 9.72. The third-order valence-electron chi connectivity index (χ3n) is 5.33. The summed E-state index contributed by atoms with van der Waals surface area (Å²) in [4.78, 5) is 32.0. The molecule has 0 saturated carbocycles. The van der Waals surface area contributed by atoms with Crippen LogP contribution < -0.4 is 15.8 Å². The molecule has 0 aliphatic carbocycles. The molecule has 1 aliphatic rings. The lowest BCUT2D eigenvalue weighted by molar-refractivity contribution is -0.125. The van der Waals surface area contributed by atoms with E-state index < -0.39 is 0 Å². The van der Waals surface area contributed by atoms with Crippen molar-refractivity contribution in [1.82, 2.24) is 14.9 Å². The summed E-state index contributed by atoms with van der Waals surface area (Å²) >= 11 is 0. The Morgan fingerprint density at radius 1 is 1.21 bits per heavy atom. The van der Waals surface area contributed by atoms with Crippen molar-refractivity contribution >= 4 is 22.8 Å². The quantitative estimate of drug-likeness (QED) is 0.736. The Morgan fingerprint density at radius 3 is 2.71 bits per heavy atom. The van der Waals surface area contributed by atoms with Crippen LogP contribution in [-0.2, 0) is 17.9 Å². The Morgan fingerprint density at radius 2 is 2.00 bits per heavy atom. The van der Waals surface area contributed by atoms with Crippen molar-refractivity contribution in [1.29, 1.82) is 0 Å². The van der Waals surface area contributed by atoms with Gasteiger partial charge in [-0.05, 0) is 44.0 Å². The van der Waals surface area contributed by atoms with E-state index in [1.807, 2.05) is 42.2 Å². The molecule has 0 unspecified atom stereocenters. The van der Waals surface area contributed by atoms with Crippen LogP contribution in [0.3, 0.4) is 0 Å². The predicted octanol–water partition coefficient (Wildman–Crippen LogP) is 2.54. The van der Waals surface area contributed by atoms with E-state index >= 15 is 0 Å². The number of aromatic nitrogens is 2. The highest BCUT2D eigenvalue weighted by atomic mass is 16.3. The summed E-state index contributed by atoms with van der Waals surface area (Å²) < 4.78 is 7.01. The Balaban J connectivity index is 1.45. The van der Waals surface area contributed by atoms with Crippen LogP contribution in [0.1, 0.15) is 25.5 Å². The van der Waals surface area contributed by atoms with Gasteiger partial charge in [0, 0.05) is 25.6 Å². The summed E-state index contributed by atoms with van der Waals surface area (Å²) in [5, 5.41) is 2.93. The highest BCUT2D eigenvalue weighted by molar-refractivity contribution is 5.79. The largest absolute Gasteiger partial charge is 0.467 e. The molecule has 28 heavy (non-hydrogen) atoms. The van der Waals surface area contributed by atoms with Gasteiger partial charge in [0.15, 0.2) is 5.82 Å². The smallest absolute Gasteiger partial charge is 0.293 e. The Labute approximate surface area is 163 Å². The average Bonchev–Trinajstić information content (AvgIpc) is 3.25. The van der Waals surface area contributed by atoms with E-state index in [-0.39, 0.29) is 17.4 Å². The SMILES string of the molecule is CCn1c(=O)c(N2CCC(C(=O)NCc3ccco3)CC2)nc2ccccc21. The molecule has 4 rings (SSSR count). The molecule has 0 bridgehead atoms. The number of fused-ring (bicyclic) bond motifs is 1.